The third-order valence-electron chi connectivity index (χ3n) is 4.13. The number of nitrogens with one attached hydrogen (secondary N) is 2. The van der Waals surface area contributed by atoms with Crippen LogP contribution in [0.1, 0.15) is 53.4 Å². The van der Waals surface area contributed by atoms with Gasteiger partial charge in [-0.3, -0.25) is 4.79 Å². The predicted octanol–water partition coefficient (Wildman–Crippen LogP) is 2.86. The minimum absolute atomic E-state index is 0.192. The molecule has 1 aliphatic carbocycles. The molecule has 122 valence electrons. The third-order valence-corrected chi connectivity index (χ3v) is 4.13. The lowest BCUT2D eigenvalue weighted by atomic mass is 9.80. The summed E-state index contributed by atoms with van der Waals surface area (Å²) in [5, 5.41) is 14.9. The first kappa shape index (κ1) is 17.8. The van der Waals surface area contributed by atoms with Crippen molar-refractivity contribution in [1.29, 1.82) is 0 Å². The van der Waals surface area contributed by atoms with Crippen LogP contribution in [-0.2, 0) is 4.79 Å². The molecule has 21 heavy (non-hydrogen) atoms. The Morgan fingerprint density at radius 3 is 2.19 bits per heavy atom. The van der Waals surface area contributed by atoms with Crippen molar-refractivity contribution >= 4 is 12.0 Å². The number of rotatable bonds is 6. The first-order valence-corrected chi connectivity index (χ1v) is 8.05. The first-order chi connectivity index (χ1) is 9.77. The molecule has 1 rings (SSSR count). The molecular formula is C16H30N2O3. The lowest BCUT2D eigenvalue weighted by Crippen LogP contribution is -2.46. The molecule has 1 aliphatic rings. The number of hydrogen-bond acceptors (Lipinski definition) is 2. The Hall–Kier alpha value is -1.26. The highest BCUT2D eigenvalue weighted by Gasteiger charge is 2.25. The molecule has 0 heterocycles. The second-order valence-electron chi connectivity index (χ2n) is 7.13. The van der Waals surface area contributed by atoms with Crippen molar-refractivity contribution in [2.75, 3.05) is 6.54 Å². The number of amides is 2. The van der Waals surface area contributed by atoms with E-state index >= 15 is 0 Å². The normalized spacial score (nSPS) is 27.2. The number of aliphatic carboxylic acids is 1. The minimum atomic E-state index is -0.844. The molecule has 3 atom stereocenters. The highest BCUT2D eigenvalue weighted by Crippen LogP contribution is 2.28. The van der Waals surface area contributed by atoms with E-state index in [1.807, 2.05) is 13.8 Å². The van der Waals surface area contributed by atoms with Crippen molar-refractivity contribution in [3.05, 3.63) is 0 Å². The molecule has 0 bridgehead atoms. The monoisotopic (exact) mass is 298 g/mol. The maximum atomic E-state index is 11.9. The molecule has 3 unspecified atom stereocenters. The fourth-order valence-electron chi connectivity index (χ4n) is 3.36. The topological polar surface area (TPSA) is 78.4 Å². The molecule has 1 fully saturated rings. The van der Waals surface area contributed by atoms with Crippen LogP contribution in [0.2, 0.25) is 0 Å². The van der Waals surface area contributed by atoms with Crippen molar-refractivity contribution < 1.29 is 14.7 Å². The van der Waals surface area contributed by atoms with Crippen LogP contribution in [0.3, 0.4) is 0 Å². The van der Waals surface area contributed by atoms with Crippen molar-refractivity contribution in [3.8, 4) is 0 Å². The third kappa shape index (κ3) is 6.82. The number of carboxylic acids is 1. The molecule has 0 aromatic carbocycles. The standard InChI is InChI=1S/C16H30N2O3/c1-10(2)5-13(15(19)20)9-17-16(21)18-14-7-11(3)6-12(4)8-14/h10-14H,5-9H2,1-4H3,(H,19,20)(H2,17,18,21). The molecule has 0 spiro atoms. The minimum Gasteiger partial charge on any atom is -0.481 e. The van der Waals surface area contributed by atoms with Crippen LogP contribution >= 0.6 is 0 Å². The molecule has 0 radical (unpaired) electrons. The van der Waals surface area contributed by atoms with Gasteiger partial charge in [0, 0.05) is 12.6 Å². The molecule has 0 aromatic rings. The number of carbonyl (C=O) groups excluding carboxylic acids is 1. The molecule has 1 saturated carbocycles. The van der Waals surface area contributed by atoms with Crippen LogP contribution in [0, 0.1) is 23.7 Å². The molecule has 0 aromatic heterocycles. The number of carboxylic acid groups (broad SMARTS) is 1. The maximum Gasteiger partial charge on any atom is 0.315 e. The summed E-state index contributed by atoms with van der Waals surface area (Å²) >= 11 is 0. The van der Waals surface area contributed by atoms with E-state index in [0.29, 0.717) is 24.2 Å². The van der Waals surface area contributed by atoms with Gasteiger partial charge in [-0.2, -0.15) is 0 Å². The van der Waals surface area contributed by atoms with Gasteiger partial charge < -0.3 is 15.7 Å². The maximum absolute atomic E-state index is 11.9. The first-order valence-electron chi connectivity index (χ1n) is 8.05. The Kier molecular flexibility index (Phi) is 6.99. The second-order valence-corrected chi connectivity index (χ2v) is 7.13. The van der Waals surface area contributed by atoms with E-state index in [2.05, 4.69) is 24.5 Å². The van der Waals surface area contributed by atoms with Crippen molar-refractivity contribution in [2.45, 2.75) is 59.4 Å². The largest absolute Gasteiger partial charge is 0.481 e. The van der Waals surface area contributed by atoms with Gasteiger partial charge in [0.25, 0.3) is 0 Å². The van der Waals surface area contributed by atoms with E-state index in [1.165, 1.54) is 6.42 Å². The zero-order valence-electron chi connectivity index (χ0n) is 13.7. The van der Waals surface area contributed by atoms with E-state index in [9.17, 15) is 9.59 Å². The van der Waals surface area contributed by atoms with Crippen LogP contribution in [0.15, 0.2) is 0 Å². The summed E-state index contributed by atoms with van der Waals surface area (Å²) in [6, 6.07) is -0.0339. The van der Waals surface area contributed by atoms with Gasteiger partial charge in [0.2, 0.25) is 0 Å². The summed E-state index contributed by atoms with van der Waals surface area (Å²) in [4.78, 5) is 23.1. The van der Waals surface area contributed by atoms with Gasteiger partial charge in [-0.1, -0.05) is 27.7 Å². The summed E-state index contributed by atoms with van der Waals surface area (Å²) in [7, 11) is 0. The molecule has 2 amide bonds. The molecule has 0 aliphatic heterocycles. The molecular weight excluding hydrogens is 268 g/mol. The Labute approximate surface area is 127 Å². The van der Waals surface area contributed by atoms with E-state index < -0.39 is 11.9 Å². The smallest absolute Gasteiger partial charge is 0.315 e. The SMILES string of the molecule is CC(C)CC(CNC(=O)NC1CC(C)CC(C)C1)C(=O)O. The van der Waals surface area contributed by atoms with Crippen LogP contribution in [0.5, 0.6) is 0 Å². The van der Waals surface area contributed by atoms with Gasteiger partial charge in [0.15, 0.2) is 0 Å². The summed E-state index contributed by atoms with van der Waals surface area (Å²) < 4.78 is 0. The predicted molar refractivity (Wildman–Crippen MR) is 83.1 cm³/mol. The van der Waals surface area contributed by atoms with Crippen molar-refractivity contribution in [1.82, 2.24) is 10.6 Å². The van der Waals surface area contributed by atoms with Crippen LogP contribution in [0.25, 0.3) is 0 Å². The lowest BCUT2D eigenvalue weighted by molar-refractivity contribution is -0.142. The fraction of sp³-hybridized carbons (Fsp3) is 0.875. The Bertz CT molecular complexity index is 347. The number of carbonyl (C=O) groups is 2. The van der Waals surface area contributed by atoms with E-state index in [-0.39, 0.29) is 18.6 Å². The van der Waals surface area contributed by atoms with E-state index in [4.69, 9.17) is 5.11 Å². The number of hydrogen-bond donors (Lipinski definition) is 3. The Balaban J connectivity index is 2.37. The molecule has 3 N–H and O–H groups in total. The van der Waals surface area contributed by atoms with Gasteiger partial charge in [0.05, 0.1) is 5.92 Å². The molecule has 5 heteroatoms. The summed E-state index contributed by atoms with van der Waals surface area (Å²) in [6.45, 7) is 8.59. The Morgan fingerprint density at radius 2 is 1.71 bits per heavy atom. The quantitative estimate of drug-likeness (QED) is 0.705. The van der Waals surface area contributed by atoms with Gasteiger partial charge in [0.1, 0.15) is 0 Å². The molecule has 5 nitrogen and oxygen atoms in total. The highest BCUT2D eigenvalue weighted by molar-refractivity contribution is 5.76. The summed E-state index contributed by atoms with van der Waals surface area (Å²) in [5.41, 5.74) is 0. The highest BCUT2D eigenvalue weighted by atomic mass is 16.4. The number of urea groups is 1. The van der Waals surface area contributed by atoms with Gasteiger partial charge in [-0.15, -0.1) is 0 Å². The average Bonchev–Trinajstić information content (AvgIpc) is 2.32. The van der Waals surface area contributed by atoms with Crippen LogP contribution in [-0.4, -0.2) is 29.7 Å². The average molecular weight is 298 g/mol. The van der Waals surface area contributed by atoms with Crippen molar-refractivity contribution in [2.24, 2.45) is 23.7 Å². The van der Waals surface area contributed by atoms with Gasteiger partial charge >= 0.3 is 12.0 Å². The second kappa shape index (κ2) is 8.25. The Morgan fingerprint density at radius 1 is 1.14 bits per heavy atom. The lowest BCUT2D eigenvalue weighted by Gasteiger charge is -2.32. The zero-order chi connectivity index (χ0) is 16.0. The van der Waals surface area contributed by atoms with Gasteiger partial charge in [-0.25, -0.2) is 4.79 Å². The zero-order valence-corrected chi connectivity index (χ0v) is 13.7. The fourth-order valence-corrected chi connectivity index (χ4v) is 3.36. The van der Waals surface area contributed by atoms with Crippen LogP contribution < -0.4 is 10.6 Å². The summed E-state index contributed by atoms with van der Waals surface area (Å²) in [5.74, 6) is 0.207. The van der Waals surface area contributed by atoms with Gasteiger partial charge in [-0.05, 0) is 43.4 Å². The molecule has 0 saturated heterocycles. The summed E-state index contributed by atoms with van der Waals surface area (Å²) in [6.07, 6.45) is 3.81. The van der Waals surface area contributed by atoms with Crippen molar-refractivity contribution in [3.63, 3.8) is 0 Å². The van der Waals surface area contributed by atoms with E-state index in [1.54, 1.807) is 0 Å². The van der Waals surface area contributed by atoms with Crippen LogP contribution in [0.4, 0.5) is 4.79 Å². The van der Waals surface area contributed by atoms with E-state index in [0.717, 1.165) is 12.8 Å².